The summed E-state index contributed by atoms with van der Waals surface area (Å²) in [5.41, 5.74) is 0.453. The molecule has 0 amide bonds. The molecule has 0 aromatic carbocycles. The van der Waals surface area contributed by atoms with Crippen molar-refractivity contribution in [3.05, 3.63) is 35.5 Å². The Labute approximate surface area is 141 Å². The lowest BCUT2D eigenvalue weighted by atomic mass is 10.1. The second kappa shape index (κ2) is 8.16. The Morgan fingerprint density at radius 2 is 2.12 bits per heavy atom. The lowest BCUT2D eigenvalue weighted by molar-refractivity contribution is -0.0521. The highest BCUT2D eigenvalue weighted by Crippen LogP contribution is 2.33. The van der Waals surface area contributed by atoms with Gasteiger partial charge < -0.3 is 15.2 Å². The fourth-order valence-electron chi connectivity index (χ4n) is 2.07. The first-order valence-electron chi connectivity index (χ1n) is 7.05. The number of pyridine rings is 2. The van der Waals surface area contributed by atoms with E-state index in [1.807, 2.05) is 6.92 Å². The number of aliphatic hydroxyl groups is 1. The molecule has 1 atom stereocenters. The van der Waals surface area contributed by atoms with Crippen LogP contribution in [0.5, 0.6) is 5.75 Å². The van der Waals surface area contributed by atoms with E-state index in [1.165, 1.54) is 12.3 Å². The fourth-order valence-corrected chi connectivity index (χ4v) is 2.23. The zero-order chi connectivity index (χ0) is 17.7. The van der Waals surface area contributed by atoms with Crippen molar-refractivity contribution in [1.82, 2.24) is 9.97 Å². The molecule has 130 valence electrons. The predicted octanol–water partition coefficient (Wildman–Crippen LogP) is 3.72. The predicted molar refractivity (Wildman–Crippen MR) is 83.9 cm³/mol. The number of hydrogen-bond donors (Lipinski definition) is 2. The van der Waals surface area contributed by atoms with Gasteiger partial charge in [0.15, 0.2) is 11.6 Å². The molecule has 2 rings (SSSR count). The van der Waals surface area contributed by atoms with Gasteiger partial charge in [-0.25, -0.2) is 9.37 Å². The average molecular weight is 362 g/mol. The third-order valence-electron chi connectivity index (χ3n) is 3.16. The van der Waals surface area contributed by atoms with Crippen LogP contribution in [0.1, 0.15) is 13.3 Å². The molecule has 0 saturated heterocycles. The molecule has 5 nitrogen and oxygen atoms in total. The number of alkyl halides is 2. The largest absolute Gasteiger partial charge is 0.432 e. The van der Waals surface area contributed by atoms with Crippen LogP contribution < -0.4 is 10.1 Å². The van der Waals surface area contributed by atoms with Crippen LogP contribution in [0.15, 0.2) is 24.5 Å². The standard InChI is InChI=1S/C15H15ClF3N3O2/c1-8(3-5-23)22-10-6-12(16)21-7-9(10)14-13(17)11(2-4-20-14)24-15(18)19/h2,4,6-8,15,23H,3,5H2,1H3,(H,21,22)/t8-/m0/s1. The van der Waals surface area contributed by atoms with Crippen molar-refractivity contribution in [1.29, 1.82) is 0 Å². The number of rotatable bonds is 7. The molecule has 0 radical (unpaired) electrons. The number of aromatic nitrogens is 2. The van der Waals surface area contributed by atoms with Gasteiger partial charge in [0.05, 0.1) is 0 Å². The molecule has 9 heteroatoms. The molecule has 0 bridgehead atoms. The van der Waals surface area contributed by atoms with Gasteiger partial charge in [0, 0.05) is 42.4 Å². The van der Waals surface area contributed by atoms with Gasteiger partial charge in [-0.1, -0.05) is 11.6 Å². The van der Waals surface area contributed by atoms with E-state index >= 15 is 0 Å². The van der Waals surface area contributed by atoms with Gasteiger partial charge in [-0.2, -0.15) is 8.78 Å². The zero-order valence-corrected chi connectivity index (χ0v) is 13.4. The molecule has 0 fully saturated rings. The topological polar surface area (TPSA) is 67.3 Å². The van der Waals surface area contributed by atoms with E-state index in [1.54, 1.807) is 0 Å². The molecule has 0 saturated carbocycles. The van der Waals surface area contributed by atoms with Crippen molar-refractivity contribution in [3.63, 3.8) is 0 Å². The van der Waals surface area contributed by atoms with E-state index in [4.69, 9.17) is 16.7 Å². The summed E-state index contributed by atoms with van der Waals surface area (Å²) in [7, 11) is 0. The normalized spacial score (nSPS) is 12.3. The fraction of sp³-hybridized carbons (Fsp3) is 0.333. The van der Waals surface area contributed by atoms with Crippen LogP contribution in [0.3, 0.4) is 0 Å². The first-order valence-corrected chi connectivity index (χ1v) is 7.42. The number of nitrogens with zero attached hydrogens (tertiary/aromatic N) is 2. The van der Waals surface area contributed by atoms with Gasteiger partial charge >= 0.3 is 6.61 Å². The Bertz CT molecular complexity index is 704. The van der Waals surface area contributed by atoms with Crippen molar-refractivity contribution in [2.45, 2.75) is 26.0 Å². The van der Waals surface area contributed by atoms with E-state index in [-0.39, 0.29) is 29.1 Å². The highest BCUT2D eigenvalue weighted by atomic mass is 35.5. The van der Waals surface area contributed by atoms with E-state index in [0.717, 1.165) is 12.3 Å². The summed E-state index contributed by atoms with van der Waals surface area (Å²) in [6.45, 7) is -1.37. The van der Waals surface area contributed by atoms with Crippen molar-refractivity contribution in [2.24, 2.45) is 0 Å². The minimum absolute atomic E-state index is 0.0351. The summed E-state index contributed by atoms with van der Waals surface area (Å²) in [6, 6.07) is 2.33. The van der Waals surface area contributed by atoms with Crippen LogP contribution in [0, 0.1) is 5.82 Å². The molecule has 0 aliphatic rings. The van der Waals surface area contributed by atoms with Gasteiger partial charge in [-0.05, 0) is 19.4 Å². The highest BCUT2D eigenvalue weighted by molar-refractivity contribution is 6.29. The van der Waals surface area contributed by atoms with E-state index in [9.17, 15) is 13.2 Å². The van der Waals surface area contributed by atoms with Crippen molar-refractivity contribution in [2.75, 3.05) is 11.9 Å². The minimum atomic E-state index is -3.15. The summed E-state index contributed by atoms with van der Waals surface area (Å²) < 4.78 is 43.3. The lowest BCUT2D eigenvalue weighted by Crippen LogP contribution is -2.17. The zero-order valence-electron chi connectivity index (χ0n) is 12.6. The van der Waals surface area contributed by atoms with Gasteiger partial charge in [0.25, 0.3) is 0 Å². The average Bonchev–Trinajstić information content (AvgIpc) is 2.50. The second-order valence-corrected chi connectivity index (χ2v) is 5.35. The monoisotopic (exact) mass is 361 g/mol. The van der Waals surface area contributed by atoms with Gasteiger partial charge in [-0.15, -0.1) is 0 Å². The first-order chi connectivity index (χ1) is 11.4. The van der Waals surface area contributed by atoms with Crippen LogP contribution >= 0.6 is 11.6 Å². The van der Waals surface area contributed by atoms with Crippen LogP contribution in [-0.2, 0) is 0 Å². The summed E-state index contributed by atoms with van der Waals surface area (Å²) in [4.78, 5) is 7.77. The van der Waals surface area contributed by atoms with E-state index in [0.29, 0.717) is 12.1 Å². The van der Waals surface area contributed by atoms with Crippen LogP contribution in [0.2, 0.25) is 5.15 Å². The third kappa shape index (κ3) is 4.48. The molecule has 2 N–H and O–H groups in total. The molecule has 0 spiro atoms. The Balaban J connectivity index is 2.45. The van der Waals surface area contributed by atoms with Crippen LogP contribution in [0.25, 0.3) is 11.3 Å². The van der Waals surface area contributed by atoms with Crippen molar-refractivity contribution in [3.8, 4) is 17.0 Å². The maximum Gasteiger partial charge on any atom is 0.387 e. The summed E-state index contributed by atoms with van der Waals surface area (Å²) >= 11 is 5.87. The molecular weight excluding hydrogens is 347 g/mol. The molecule has 24 heavy (non-hydrogen) atoms. The third-order valence-corrected chi connectivity index (χ3v) is 3.37. The smallest absolute Gasteiger partial charge is 0.387 e. The molecule has 2 aromatic rings. The molecule has 2 aromatic heterocycles. The first kappa shape index (κ1) is 18.3. The quantitative estimate of drug-likeness (QED) is 0.736. The highest BCUT2D eigenvalue weighted by Gasteiger charge is 2.19. The SMILES string of the molecule is C[C@@H](CCO)Nc1cc(Cl)ncc1-c1nccc(OC(F)F)c1F. The molecule has 0 aliphatic carbocycles. The number of ether oxygens (including phenoxy) is 1. The van der Waals surface area contributed by atoms with Crippen molar-refractivity contribution < 1.29 is 23.0 Å². The maximum atomic E-state index is 14.4. The van der Waals surface area contributed by atoms with Crippen molar-refractivity contribution >= 4 is 17.3 Å². The summed E-state index contributed by atoms with van der Waals surface area (Å²) in [6.07, 6.45) is 2.89. The van der Waals surface area contributed by atoms with Gasteiger partial charge in [0.2, 0.25) is 0 Å². The molecule has 0 unspecified atom stereocenters. The van der Waals surface area contributed by atoms with Gasteiger partial charge in [-0.3, -0.25) is 4.98 Å². The Kier molecular flexibility index (Phi) is 6.22. The number of nitrogens with one attached hydrogen (secondary N) is 1. The van der Waals surface area contributed by atoms with Gasteiger partial charge in [0.1, 0.15) is 10.8 Å². The Morgan fingerprint density at radius 1 is 1.38 bits per heavy atom. The van der Waals surface area contributed by atoms with E-state index in [2.05, 4.69) is 20.0 Å². The van der Waals surface area contributed by atoms with E-state index < -0.39 is 18.2 Å². The summed E-state index contributed by atoms with van der Waals surface area (Å²) in [5, 5.41) is 12.2. The molecule has 2 heterocycles. The number of hydrogen-bond acceptors (Lipinski definition) is 5. The maximum absolute atomic E-state index is 14.4. The number of aliphatic hydroxyl groups excluding tert-OH is 1. The molecular formula is C15H15ClF3N3O2. The second-order valence-electron chi connectivity index (χ2n) is 4.96. The van der Waals surface area contributed by atoms with Crippen LogP contribution in [-0.4, -0.2) is 34.3 Å². The minimum Gasteiger partial charge on any atom is -0.432 e. The summed E-state index contributed by atoms with van der Waals surface area (Å²) in [5.74, 6) is -1.64. The lowest BCUT2D eigenvalue weighted by Gasteiger charge is -2.18. The molecule has 0 aliphatic heterocycles. The Hall–Kier alpha value is -2.06. The van der Waals surface area contributed by atoms with Crippen LogP contribution in [0.4, 0.5) is 18.9 Å². The number of halogens is 4. The Morgan fingerprint density at radius 3 is 2.79 bits per heavy atom. The number of anilines is 1.